The SMILES string of the molecule is Cc1ccccc1CCNC(=O)CSc1ccc2c(c1)OCCCO2. The Labute approximate surface area is 152 Å². The van der Waals surface area contributed by atoms with E-state index >= 15 is 0 Å². The molecule has 0 aromatic heterocycles. The molecule has 132 valence electrons. The van der Waals surface area contributed by atoms with E-state index in [4.69, 9.17) is 9.47 Å². The van der Waals surface area contributed by atoms with Crippen LogP contribution in [-0.4, -0.2) is 31.4 Å². The summed E-state index contributed by atoms with van der Waals surface area (Å²) in [5.41, 5.74) is 2.54. The Kier molecular flexibility index (Phi) is 6.23. The summed E-state index contributed by atoms with van der Waals surface area (Å²) in [6, 6.07) is 14.1. The molecule has 0 radical (unpaired) electrons. The molecule has 1 aliphatic rings. The summed E-state index contributed by atoms with van der Waals surface area (Å²) in [6.07, 6.45) is 1.74. The first-order valence-electron chi connectivity index (χ1n) is 8.56. The molecule has 1 heterocycles. The molecule has 1 aliphatic heterocycles. The Bertz CT molecular complexity index is 733. The average molecular weight is 357 g/mol. The van der Waals surface area contributed by atoms with Gasteiger partial charge in [0.2, 0.25) is 5.91 Å². The molecule has 0 bridgehead atoms. The number of carbonyl (C=O) groups is 1. The van der Waals surface area contributed by atoms with Crippen LogP contribution in [0.5, 0.6) is 11.5 Å². The number of ether oxygens (including phenoxy) is 2. The summed E-state index contributed by atoms with van der Waals surface area (Å²) < 4.78 is 11.3. The summed E-state index contributed by atoms with van der Waals surface area (Å²) >= 11 is 1.51. The number of amides is 1. The van der Waals surface area contributed by atoms with Gasteiger partial charge in [-0.05, 0) is 42.7 Å². The molecule has 1 N–H and O–H groups in total. The second kappa shape index (κ2) is 8.81. The van der Waals surface area contributed by atoms with Gasteiger partial charge in [-0.25, -0.2) is 0 Å². The van der Waals surface area contributed by atoms with Gasteiger partial charge in [-0.3, -0.25) is 4.79 Å². The van der Waals surface area contributed by atoms with E-state index in [1.54, 1.807) is 0 Å². The van der Waals surface area contributed by atoms with E-state index in [1.165, 1.54) is 22.9 Å². The highest BCUT2D eigenvalue weighted by atomic mass is 32.2. The molecule has 2 aromatic rings. The van der Waals surface area contributed by atoms with Crippen LogP contribution in [0.15, 0.2) is 47.4 Å². The van der Waals surface area contributed by atoms with Crippen molar-refractivity contribution in [2.75, 3.05) is 25.5 Å². The van der Waals surface area contributed by atoms with Gasteiger partial charge in [0.1, 0.15) is 0 Å². The number of benzene rings is 2. The average Bonchev–Trinajstić information content (AvgIpc) is 2.86. The largest absolute Gasteiger partial charge is 0.490 e. The van der Waals surface area contributed by atoms with Crippen LogP contribution < -0.4 is 14.8 Å². The van der Waals surface area contributed by atoms with Crippen molar-refractivity contribution in [1.82, 2.24) is 5.32 Å². The van der Waals surface area contributed by atoms with Crippen LogP contribution in [0.3, 0.4) is 0 Å². The predicted octanol–water partition coefficient (Wildman–Crippen LogP) is 3.61. The molecule has 0 atom stereocenters. The molecule has 0 spiro atoms. The molecule has 5 heteroatoms. The van der Waals surface area contributed by atoms with Gasteiger partial charge >= 0.3 is 0 Å². The fourth-order valence-electron chi connectivity index (χ4n) is 2.66. The normalized spacial score (nSPS) is 13.2. The molecule has 0 saturated carbocycles. The predicted molar refractivity (Wildman–Crippen MR) is 101 cm³/mol. The highest BCUT2D eigenvalue weighted by molar-refractivity contribution is 8.00. The Morgan fingerprint density at radius 1 is 1.12 bits per heavy atom. The fourth-order valence-corrected chi connectivity index (χ4v) is 3.41. The zero-order valence-corrected chi connectivity index (χ0v) is 15.2. The standard InChI is InChI=1S/C20H23NO3S/c1-15-5-2-3-6-16(15)9-10-21-20(22)14-25-17-7-8-18-19(13-17)24-12-4-11-23-18/h2-3,5-8,13H,4,9-12,14H2,1H3,(H,21,22). The van der Waals surface area contributed by atoms with E-state index < -0.39 is 0 Å². The van der Waals surface area contributed by atoms with Gasteiger partial charge < -0.3 is 14.8 Å². The minimum absolute atomic E-state index is 0.0469. The minimum atomic E-state index is 0.0469. The maximum absolute atomic E-state index is 12.0. The maximum Gasteiger partial charge on any atom is 0.230 e. The van der Waals surface area contributed by atoms with Crippen molar-refractivity contribution in [3.63, 3.8) is 0 Å². The van der Waals surface area contributed by atoms with Crippen molar-refractivity contribution in [2.45, 2.75) is 24.7 Å². The van der Waals surface area contributed by atoms with Gasteiger partial charge in [0.05, 0.1) is 19.0 Å². The Morgan fingerprint density at radius 2 is 1.92 bits per heavy atom. The van der Waals surface area contributed by atoms with E-state index in [9.17, 15) is 4.79 Å². The molecule has 25 heavy (non-hydrogen) atoms. The highest BCUT2D eigenvalue weighted by Crippen LogP contribution is 2.33. The summed E-state index contributed by atoms with van der Waals surface area (Å²) in [5.74, 6) is 1.99. The highest BCUT2D eigenvalue weighted by Gasteiger charge is 2.11. The van der Waals surface area contributed by atoms with Crippen molar-refractivity contribution in [3.05, 3.63) is 53.6 Å². The molecule has 0 saturated heterocycles. The van der Waals surface area contributed by atoms with Crippen LogP contribution in [0.2, 0.25) is 0 Å². The number of aryl methyl sites for hydroxylation is 1. The first-order valence-corrected chi connectivity index (χ1v) is 9.54. The van der Waals surface area contributed by atoms with Crippen LogP contribution in [0.4, 0.5) is 0 Å². The molecule has 2 aromatic carbocycles. The van der Waals surface area contributed by atoms with E-state index in [-0.39, 0.29) is 5.91 Å². The number of hydrogen-bond donors (Lipinski definition) is 1. The second-order valence-corrected chi connectivity index (χ2v) is 7.02. The molecule has 0 aliphatic carbocycles. The van der Waals surface area contributed by atoms with Gasteiger partial charge in [0.25, 0.3) is 0 Å². The van der Waals surface area contributed by atoms with Crippen molar-refractivity contribution in [3.8, 4) is 11.5 Å². The van der Waals surface area contributed by atoms with Gasteiger partial charge in [-0.15, -0.1) is 11.8 Å². The smallest absolute Gasteiger partial charge is 0.230 e. The lowest BCUT2D eigenvalue weighted by Crippen LogP contribution is -2.27. The monoisotopic (exact) mass is 357 g/mol. The first-order chi connectivity index (χ1) is 12.2. The summed E-state index contributed by atoms with van der Waals surface area (Å²) in [6.45, 7) is 4.10. The van der Waals surface area contributed by atoms with Crippen molar-refractivity contribution in [2.24, 2.45) is 0 Å². The van der Waals surface area contributed by atoms with Crippen molar-refractivity contribution >= 4 is 17.7 Å². The molecule has 1 amide bonds. The lowest BCUT2D eigenvalue weighted by Gasteiger charge is -2.10. The van der Waals surface area contributed by atoms with E-state index in [1.807, 2.05) is 30.3 Å². The van der Waals surface area contributed by atoms with E-state index in [0.717, 1.165) is 29.2 Å². The summed E-state index contributed by atoms with van der Waals surface area (Å²) in [4.78, 5) is 13.1. The Hall–Kier alpha value is -2.14. The minimum Gasteiger partial charge on any atom is -0.490 e. The van der Waals surface area contributed by atoms with Crippen LogP contribution in [0.1, 0.15) is 17.5 Å². The van der Waals surface area contributed by atoms with Crippen LogP contribution >= 0.6 is 11.8 Å². The van der Waals surface area contributed by atoms with Gasteiger partial charge in [0.15, 0.2) is 11.5 Å². The lowest BCUT2D eigenvalue weighted by atomic mass is 10.1. The number of rotatable bonds is 6. The van der Waals surface area contributed by atoms with Gasteiger partial charge in [0, 0.05) is 17.9 Å². The quantitative estimate of drug-likeness (QED) is 0.803. The maximum atomic E-state index is 12.0. The fraction of sp³-hybridized carbons (Fsp3) is 0.350. The van der Waals surface area contributed by atoms with E-state index in [2.05, 4.69) is 24.4 Å². The third-order valence-corrected chi connectivity index (χ3v) is 5.06. The van der Waals surface area contributed by atoms with Crippen LogP contribution in [0.25, 0.3) is 0 Å². The van der Waals surface area contributed by atoms with Crippen molar-refractivity contribution < 1.29 is 14.3 Å². The summed E-state index contributed by atoms with van der Waals surface area (Å²) in [5, 5.41) is 2.99. The number of carbonyl (C=O) groups excluding carboxylic acids is 1. The van der Waals surface area contributed by atoms with Crippen molar-refractivity contribution in [1.29, 1.82) is 0 Å². The molecular weight excluding hydrogens is 334 g/mol. The van der Waals surface area contributed by atoms with E-state index in [0.29, 0.717) is 25.5 Å². The zero-order chi connectivity index (χ0) is 17.5. The lowest BCUT2D eigenvalue weighted by molar-refractivity contribution is -0.118. The van der Waals surface area contributed by atoms with Crippen LogP contribution in [-0.2, 0) is 11.2 Å². The Morgan fingerprint density at radius 3 is 2.76 bits per heavy atom. The number of thioether (sulfide) groups is 1. The number of fused-ring (bicyclic) bond motifs is 1. The summed E-state index contributed by atoms with van der Waals surface area (Å²) in [7, 11) is 0. The molecular formula is C20H23NO3S. The van der Waals surface area contributed by atoms with Gasteiger partial charge in [-0.1, -0.05) is 24.3 Å². The number of hydrogen-bond acceptors (Lipinski definition) is 4. The Balaban J connectivity index is 1.44. The second-order valence-electron chi connectivity index (χ2n) is 5.97. The molecule has 3 rings (SSSR count). The topological polar surface area (TPSA) is 47.6 Å². The zero-order valence-electron chi connectivity index (χ0n) is 14.4. The third-order valence-electron chi connectivity index (χ3n) is 4.07. The molecule has 4 nitrogen and oxygen atoms in total. The number of nitrogens with one attached hydrogen (secondary N) is 1. The molecule has 0 fully saturated rings. The van der Waals surface area contributed by atoms with Gasteiger partial charge in [-0.2, -0.15) is 0 Å². The first kappa shape index (κ1) is 17.7. The van der Waals surface area contributed by atoms with Crippen LogP contribution in [0, 0.1) is 6.92 Å². The third kappa shape index (κ3) is 5.16. The molecule has 0 unspecified atom stereocenters.